The first-order valence-corrected chi connectivity index (χ1v) is 16.4. The molecule has 0 unspecified atom stereocenters. The van der Waals surface area contributed by atoms with Crippen molar-refractivity contribution < 1.29 is 31.7 Å². The minimum Gasteiger partial charge on any atom is -0.372 e. The van der Waals surface area contributed by atoms with Gasteiger partial charge in [-0.05, 0) is 50.7 Å². The van der Waals surface area contributed by atoms with Gasteiger partial charge in [-0.3, -0.25) is 9.59 Å². The number of halogens is 3. The van der Waals surface area contributed by atoms with Crippen LogP contribution >= 0.6 is 23.2 Å². The summed E-state index contributed by atoms with van der Waals surface area (Å²) in [7, 11) is -3.61. The second-order valence-electron chi connectivity index (χ2n) is 11.5. The van der Waals surface area contributed by atoms with Crippen LogP contribution in [0.3, 0.4) is 0 Å². The Hall–Kier alpha value is -2.86. The Bertz CT molecular complexity index is 1700. The molecule has 220 valence electrons. The minimum absolute atomic E-state index is 0.171. The Kier molecular flexibility index (Phi) is 6.92. The summed E-state index contributed by atoms with van der Waals surface area (Å²) >= 11 is 12.9. The zero-order valence-corrected chi connectivity index (χ0v) is 24.6. The average molecular weight is 635 g/mol. The number of rotatable bonds is 10. The molecule has 4 fully saturated rings. The van der Waals surface area contributed by atoms with Gasteiger partial charge in [0, 0.05) is 29.2 Å². The zero-order valence-electron chi connectivity index (χ0n) is 22.3. The highest BCUT2D eigenvalue weighted by Gasteiger charge is 2.52. The molecule has 2 aromatic heterocycles. The quantitative estimate of drug-likeness (QED) is 0.267. The number of hydrogen-bond acceptors (Lipinski definition) is 8. The molecule has 1 amide bonds. The van der Waals surface area contributed by atoms with Crippen LogP contribution in [0, 0.1) is 11.7 Å². The standard InChI is InChI=1S/C29H26Cl2FN3O6S/c30-20-2-1-3-21(31)25(20)26-19(28(41-34-26)14-4-5-14)12-40-24-10-15-8-18(24)29(37)35(15)16-9-22(32)27(33-11-16)23(36)13-42(38,39)17-6-7-17/h1-3,9,11,14-15,17-18,24H,4-8,10,12-13H2/t15-,18+,24+/m0/s1. The Morgan fingerprint density at radius 2 is 1.88 bits per heavy atom. The van der Waals surface area contributed by atoms with Crippen molar-refractivity contribution in [1.82, 2.24) is 10.1 Å². The molecule has 1 aliphatic heterocycles. The van der Waals surface area contributed by atoms with Gasteiger partial charge in [-0.1, -0.05) is 34.4 Å². The summed E-state index contributed by atoms with van der Waals surface area (Å²) in [6, 6.07) is 6.08. The number of carbonyl (C=O) groups excluding carboxylic acids is 2. The van der Waals surface area contributed by atoms with E-state index in [4.69, 9.17) is 32.5 Å². The lowest BCUT2D eigenvalue weighted by atomic mass is 10.0. The minimum atomic E-state index is -3.61. The molecule has 9 nitrogen and oxygen atoms in total. The number of hydrogen-bond donors (Lipinski definition) is 0. The van der Waals surface area contributed by atoms with Crippen molar-refractivity contribution in [2.24, 2.45) is 5.92 Å². The smallest absolute Gasteiger partial charge is 0.233 e. The topological polar surface area (TPSA) is 120 Å². The third-order valence-corrected chi connectivity index (χ3v) is 11.3. The average Bonchev–Trinajstić information content (AvgIpc) is 3.86. The number of aromatic nitrogens is 2. The maximum Gasteiger partial charge on any atom is 0.233 e. The van der Waals surface area contributed by atoms with Crippen LogP contribution < -0.4 is 4.90 Å². The summed E-state index contributed by atoms with van der Waals surface area (Å²) in [4.78, 5) is 31.3. The Morgan fingerprint density at radius 3 is 2.52 bits per heavy atom. The normalized spacial score (nSPS) is 23.6. The van der Waals surface area contributed by atoms with Crippen molar-refractivity contribution in [2.45, 2.75) is 68.4 Å². The van der Waals surface area contributed by atoms with Gasteiger partial charge in [0.1, 0.15) is 22.9 Å². The fraction of sp³-hybridized carbons (Fsp3) is 0.448. The van der Waals surface area contributed by atoms with Crippen molar-refractivity contribution in [3.8, 4) is 11.3 Å². The van der Waals surface area contributed by atoms with Crippen LogP contribution in [-0.4, -0.2) is 53.4 Å². The second-order valence-corrected chi connectivity index (χ2v) is 14.6. The molecule has 3 heterocycles. The fourth-order valence-electron chi connectivity index (χ4n) is 6.12. The van der Waals surface area contributed by atoms with Gasteiger partial charge in [0.2, 0.25) is 5.91 Å². The molecular weight excluding hydrogens is 608 g/mol. The predicted octanol–water partition coefficient (Wildman–Crippen LogP) is 5.53. The van der Waals surface area contributed by atoms with E-state index in [0.717, 1.165) is 30.2 Å². The van der Waals surface area contributed by atoms with Gasteiger partial charge < -0.3 is 14.2 Å². The monoisotopic (exact) mass is 633 g/mol. The highest BCUT2D eigenvalue weighted by molar-refractivity contribution is 7.93. The number of sulfone groups is 1. The third kappa shape index (κ3) is 4.94. The summed E-state index contributed by atoms with van der Waals surface area (Å²) < 4.78 is 51.3. The van der Waals surface area contributed by atoms with Crippen molar-refractivity contribution in [2.75, 3.05) is 10.7 Å². The molecule has 0 N–H and O–H groups in total. The number of nitrogens with zero attached hydrogens (tertiary/aromatic N) is 3. The summed E-state index contributed by atoms with van der Waals surface area (Å²) in [5, 5.41) is 4.66. The van der Waals surface area contributed by atoms with E-state index in [-0.39, 0.29) is 36.3 Å². The first-order valence-electron chi connectivity index (χ1n) is 13.9. The van der Waals surface area contributed by atoms with Gasteiger partial charge >= 0.3 is 0 Å². The molecule has 7 rings (SSSR count). The van der Waals surface area contributed by atoms with Gasteiger partial charge in [-0.25, -0.2) is 17.8 Å². The van der Waals surface area contributed by atoms with Gasteiger partial charge in [0.25, 0.3) is 0 Å². The van der Waals surface area contributed by atoms with Crippen LogP contribution in [0.25, 0.3) is 11.3 Å². The Balaban J connectivity index is 1.06. The van der Waals surface area contributed by atoms with Gasteiger partial charge in [-0.2, -0.15) is 0 Å². The van der Waals surface area contributed by atoms with Crippen LogP contribution in [0.5, 0.6) is 0 Å². The van der Waals surface area contributed by atoms with E-state index in [1.807, 2.05) is 0 Å². The molecule has 1 aromatic carbocycles. The number of Topliss-reactive ketones (excluding diaryl/α,β-unsaturated/α-hetero) is 1. The van der Waals surface area contributed by atoms with Crippen molar-refractivity contribution in [3.05, 3.63) is 63.3 Å². The molecule has 13 heteroatoms. The SMILES string of the molecule is O=C(CS(=O)(=O)C1CC1)c1ncc(N2C(=O)[C@@H]3C[C@H]2C[C@H]3OCc2c(-c3c(Cl)cccc3Cl)noc2C2CC2)cc1F. The van der Waals surface area contributed by atoms with E-state index >= 15 is 0 Å². The van der Waals surface area contributed by atoms with Crippen LogP contribution in [0.1, 0.15) is 66.3 Å². The number of benzene rings is 1. The summed E-state index contributed by atoms with van der Waals surface area (Å²) in [5.74, 6) is -2.24. The molecule has 0 spiro atoms. The summed E-state index contributed by atoms with van der Waals surface area (Å²) in [5.41, 5.74) is 1.58. The number of ether oxygens (including phenoxy) is 1. The molecule has 0 radical (unpaired) electrons. The number of amides is 1. The number of fused-ring (bicyclic) bond motifs is 2. The lowest BCUT2D eigenvalue weighted by Gasteiger charge is -2.31. The first-order chi connectivity index (χ1) is 20.1. The third-order valence-electron chi connectivity index (χ3n) is 8.54. The van der Waals surface area contributed by atoms with Crippen LogP contribution in [0.2, 0.25) is 10.0 Å². The molecule has 2 bridgehead atoms. The lowest BCUT2D eigenvalue weighted by Crippen LogP contribution is -2.43. The summed E-state index contributed by atoms with van der Waals surface area (Å²) in [6.45, 7) is 0.171. The molecular formula is C29H26Cl2FN3O6S. The summed E-state index contributed by atoms with van der Waals surface area (Å²) in [6.07, 6.45) is 4.99. The second kappa shape index (κ2) is 10.4. The lowest BCUT2D eigenvalue weighted by molar-refractivity contribution is -0.126. The number of ketones is 1. The molecule has 1 saturated heterocycles. The van der Waals surface area contributed by atoms with Crippen molar-refractivity contribution in [3.63, 3.8) is 0 Å². The number of carbonyl (C=O) groups is 2. The van der Waals surface area contributed by atoms with Crippen molar-refractivity contribution in [1.29, 1.82) is 0 Å². The van der Waals surface area contributed by atoms with E-state index < -0.39 is 44.1 Å². The zero-order chi connectivity index (χ0) is 29.3. The Morgan fingerprint density at radius 1 is 1.14 bits per heavy atom. The van der Waals surface area contributed by atoms with Gasteiger partial charge in [-0.15, -0.1) is 0 Å². The molecule has 3 saturated carbocycles. The van der Waals surface area contributed by atoms with E-state index in [9.17, 15) is 22.4 Å². The molecule has 3 aliphatic carbocycles. The van der Waals surface area contributed by atoms with E-state index in [1.165, 1.54) is 11.1 Å². The highest BCUT2D eigenvalue weighted by Crippen LogP contribution is 2.47. The van der Waals surface area contributed by atoms with Gasteiger partial charge in [0.05, 0.1) is 45.8 Å². The van der Waals surface area contributed by atoms with E-state index in [0.29, 0.717) is 47.0 Å². The fourth-order valence-corrected chi connectivity index (χ4v) is 8.29. The first kappa shape index (κ1) is 27.9. The number of piperidine rings is 1. The van der Waals surface area contributed by atoms with Crippen LogP contribution in [-0.2, 0) is 26.0 Å². The molecule has 3 atom stereocenters. The maximum atomic E-state index is 14.9. The van der Waals surface area contributed by atoms with Crippen LogP contribution in [0.4, 0.5) is 10.1 Å². The predicted molar refractivity (Wildman–Crippen MR) is 152 cm³/mol. The van der Waals surface area contributed by atoms with Crippen LogP contribution in [0.15, 0.2) is 35.0 Å². The number of anilines is 1. The molecule has 3 aromatic rings. The molecule has 4 aliphatic rings. The maximum absolute atomic E-state index is 14.9. The Labute approximate surface area is 251 Å². The largest absolute Gasteiger partial charge is 0.372 e. The molecule has 42 heavy (non-hydrogen) atoms. The highest BCUT2D eigenvalue weighted by atomic mass is 35.5. The van der Waals surface area contributed by atoms with Crippen molar-refractivity contribution >= 4 is 50.4 Å². The number of pyridine rings is 1. The van der Waals surface area contributed by atoms with Gasteiger partial charge in [0.15, 0.2) is 21.4 Å². The van der Waals surface area contributed by atoms with E-state index in [2.05, 4.69) is 10.1 Å². The van der Waals surface area contributed by atoms with E-state index in [1.54, 1.807) is 18.2 Å².